The number of aliphatic carboxylic acids is 1. The van der Waals surface area contributed by atoms with E-state index in [4.69, 9.17) is 14.6 Å². The summed E-state index contributed by atoms with van der Waals surface area (Å²) in [6.45, 7) is 0.272. The van der Waals surface area contributed by atoms with Crippen molar-refractivity contribution >= 4 is 12.0 Å². The minimum absolute atomic E-state index is 0.272. The van der Waals surface area contributed by atoms with Gasteiger partial charge in [-0.15, -0.1) is 0 Å². The topological polar surface area (TPSA) is 81.5 Å². The second-order valence-corrected chi connectivity index (χ2v) is 4.07. The lowest BCUT2D eigenvalue weighted by Gasteiger charge is -2.10. The van der Waals surface area contributed by atoms with Gasteiger partial charge in [0.15, 0.2) is 11.5 Å². The molecule has 0 bridgehead atoms. The number of aromatic nitrogens is 2. The summed E-state index contributed by atoms with van der Waals surface area (Å²) in [5.41, 5.74) is 1.41. The molecule has 0 saturated heterocycles. The first-order valence-electron chi connectivity index (χ1n) is 6.16. The van der Waals surface area contributed by atoms with Crippen molar-refractivity contribution in [1.82, 2.24) is 9.97 Å². The van der Waals surface area contributed by atoms with Gasteiger partial charge in [-0.2, -0.15) is 0 Å². The Labute approximate surface area is 121 Å². The van der Waals surface area contributed by atoms with Crippen LogP contribution in [0.25, 0.3) is 6.08 Å². The highest BCUT2D eigenvalue weighted by molar-refractivity contribution is 5.85. The standard InChI is InChI=1S/C15H14N2O4/c1-20-14-8-11(3-5-15(18)19)2-4-13(14)21-10-12-9-16-6-7-17-12/h2-9H,10H2,1H3,(H,18,19)/b5-3+. The number of benzene rings is 1. The average Bonchev–Trinajstić information content (AvgIpc) is 2.52. The Morgan fingerprint density at radius 1 is 1.33 bits per heavy atom. The third-order valence-electron chi connectivity index (χ3n) is 2.60. The summed E-state index contributed by atoms with van der Waals surface area (Å²) >= 11 is 0. The van der Waals surface area contributed by atoms with Gasteiger partial charge in [0.1, 0.15) is 6.61 Å². The maximum Gasteiger partial charge on any atom is 0.328 e. The number of rotatable bonds is 6. The van der Waals surface area contributed by atoms with E-state index in [-0.39, 0.29) is 6.61 Å². The second-order valence-electron chi connectivity index (χ2n) is 4.07. The van der Waals surface area contributed by atoms with Gasteiger partial charge in [-0.3, -0.25) is 9.97 Å². The Bertz CT molecular complexity index is 641. The van der Waals surface area contributed by atoms with Crippen LogP contribution in [0.4, 0.5) is 0 Å². The lowest BCUT2D eigenvalue weighted by Crippen LogP contribution is -2.00. The summed E-state index contributed by atoms with van der Waals surface area (Å²) in [5, 5.41) is 8.61. The summed E-state index contributed by atoms with van der Waals surface area (Å²) in [6.07, 6.45) is 7.35. The van der Waals surface area contributed by atoms with Gasteiger partial charge in [-0.1, -0.05) is 6.07 Å². The van der Waals surface area contributed by atoms with Crippen molar-refractivity contribution in [3.8, 4) is 11.5 Å². The maximum atomic E-state index is 10.5. The van der Waals surface area contributed by atoms with Crippen LogP contribution in [-0.2, 0) is 11.4 Å². The number of carbonyl (C=O) groups is 1. The van der Waals surface area contributed by atoms with Gasteiger partial charge in [-0.25, -0.2) is 4.79 Å². The zero-order valence-electron chi connectivity index (χ0n) is 11.4. The van der Waals surface area contributed by atoms with Gasteiger partial charge in [0.2, 0.25) is 0 Å². The fourth-order valence-corrected chi connectivity index (χ4v) is 1.63. The van der Waals surface area contributed by atoms with E-state index >= 15 is 0 Å². The van der Waals surface area contributed by atoms with E-state index in [1.54, 1.807) is 36.8 Å². The third-order valence-corrected chi connectivity index (χ3v) is 2.60. The smallest absolute Gasteiger partial charge is 0.328 e. The van der Waals surface area contributed by atoms with Crippen LogP contribution in [0, 0.1) is 0 Å². The minimum Gasteiger partial charge on any atom is -0.493 e. The Hall–Kier alpha value is -2.89. The molecule has 1 aromatic heterocycles. The number of nitrogens with zero attached hydrogens (tertiary/aromatic N) is 2. The molecule has 21 heavy (non-hydrogen) atoms. The maximum absolute atomic E-state index is 10.5. The van der Waals surface area contributed by atoms with Gasteiger partial charge >= 0.3 is 5.97 Å². The third kappa shape index (κ3) is 4.31. The molecular formula is C15H14N2O4. The van der Waals surface area contributed by atoms with Gasteiger partial charge in [0.25, 0.3) is 0 Å². The molecule has 0 fully saturated rings. The van der Waals surface area contributed by atoms with E-state index in [0.29, 0.717) is 22.8 Å². The molecule has 1 N–H and O–H groups in total. The van der Waals surface area contributed by atoms with Crippen LogP contribution < -0.4 is 9.47 Å². The van der Waals surface area contributed by atoms with Crippen molar-refractivity contribution in [2.45, 2.75) is 6.61 Å². The van der Waals surface area contributed by atoms with Gasteiger partial charge in [-0.05, 0) is 23.8 Å². The molecule has 108 valence electrons. The van der Waals surface area contributed by atoms with Crippen LogP contribution in [0.3, 0.4) is 0 Å². The van der Waals surface area contributed by atoms with Crippen molar-refractivity contribution in [1.29, 1.82) is 0 Å². The molecule has 0 saturated carbocycles. The van der Waals surface area contributed by atoms with Crippen LogP contribution in [0.5, 0.6) is 11.5 Å². The Morgan fingerprint density at radius 3 is 2.86 bits per heavy atom. The Kier molecular flexibility index (Phi) is 4.87. The lowest BCUT2D eigenvalue weighted by atomic mass is 10.2. The lowest BCUT2D eigenvalue weighted by molar-refractivity contribution is -0.131. The monoisotopic (exact) mass is 286 g/mol. The van der Waals surface area contributed by atoms with Gasteiger partial charge in [0.05, 0.1) is 19.0 Å². The molecule has 0 unspecified atom stereocenters. The molecule has 0 amide bonds. The number of ether oxygens (including phenoxy) is 2. The first-order chi connectivity index (χ1) is 10.2. The molecule has 0 atom stereocenters. The van der Waals surface area contributed by atoms with E-state index in [2.05, 4.69) is 9.97 Å². The van der Waals surface area contributed by atoms with Gasteiger partial charge < -0.3 is 14.6 Å². The number of methoxy groups -OCH3 is 1. The molecule has 0 aliphatic carbocycles. The van der Waals surface area contributed by atoms with E-state index < -0.39 is 5.97 Å². The van der Waals surface area contributed by atoms with Gasteiger partial charge in [0, 0.05) is 18.5 Å². The number of carboxylic acid groups (broad SMARTS) is 1. The second kappa shape index (κ2) is 7.04. The van der Waals surface area contributed by atoms with E-state index in [9.17, 15) is 4.79 Å². The van der Waals surface area contributed by atoms with E-state index in [1.165, 1.54) is 13.2 Å². The molecular weight excluding hydrogens is 272 g/mol. The van der Waals surface area contributed by atoms with Crippen molar-refractivity contribution in [2.75, 3.05) is 7.11 Å². The quantitative estimate of drug-likeness (QED) is 0.819. The van der Waals surface area contributed by atoms with E-state index in [1.807, 2.05) is 0 Å². The van der Waals surface area contributed by atoms with Crippen LogP contribution in [0.1, 0.15) is 11.3 Å². The van der Waals surface area contributed by atoms with Crippen LogP contribution in [-0.4, -0.2) is 28.2 Å². The van der Waals surface area contributed by atoms with Crippen LogP contribution >= 0.6 is 0 Å². The predicted octanol–water partition coefficient (Wildman–Crippen LogP) is 2.16. The summed E-state index contributed by atoms with van der Waals surface area (Å²) < 4.78 is 10.9. The van der Waals surface area contributed by atoms with Crippen molar-refractivity contribution in [3.63, 3.8) is 0 Å². The van der Waals surface area contributed by atoms with Crippen LogP contribution in [0.2, 0.25) is 0 Å². The molecule has 0 aliphatic heterocycles. The van der Waals surface area contributed by atoms with E-state index in [0.717, 1.165) is 6.08 Å². The molecule has 0 spiro atoms. The molecule has 1 heterocycles. The molecule has 2 rings (SSSR count). The summed E-state index contributed by atoms with van der Waals surface area (Å²) in [5.74, 6) is 0.0685. The average molecular weight is 286 g/mol. The van der Waals surface area contributed by atoms with Crippen molar-refractivity contribution < 1.29 is 19.4 Å². The number of hydrogen-bond donors (Lipinski definition) is 1. The fraction of sp³-hybridized carbons (Fsp3) is 0.133. The first kappa shape index (κ1) is 14.5. The predicted molar refractivity (Wildman–Crippen MR) is 76.0 cm³/mol. The van der Waals surface area contributed by atoms with Crippen molar-refractivity contribution in [2.24, 2.45) is 0 Å². The summed E-state index contributed by atoms with van der Waals surface area (Å²) in [4.78, 5) is 18.6. The normalized spacial score (nSPS) is 10.5. The summed E-state index contributed by atoms with van der Waals surface area (Å²) in [7, 11) is 1.52. The largest absolute Gasteiger partial charge is 0.493 e. The molecule has 2 aromatic rings. The molecule has 6 nitrogen and oxygen atoms in total. The fourth-order valence-electron chi connectivity index (χ4n) is 1.63. The van der Waals surface area contributed by atoms with Crippen LogP contribution in [0.15, 0.2) is 42.9 Å². The Balaban J connectivity index is 2.11. The number of carboxylic acids is 1. The minimum atomic E-state index is -1.00. The molecule has 6 heteroatoms. The molecule has 0 radical (unpaired) electrons. The Morgan fingerprint density at radius 2 is 2.19 bits per heavy atom. The highest BCUT2D eigenvalue weighted by Crippen LogP contribution is 2.29. The summed E-state index contributed by atoms with van der Waals surface area (Å²) in [6, 6.07) is 5.16. The zero-order valence-corrected chi connectivity index (χ0v) is 11.4. The molecule has 1 aromatic carbocycles. The highest BCUT2D eigenvalue weighted by Gasteiger charge is 2.06. The van der Waals surface area contributed by atoms with Crippen molar-refractivity contribution in [3.05, 3.63) is 54.1 Å². The number of hydrogen-bond acceptors (Lipinski definition) is 5. The SMILES string of the molecule is COc1cc(/C=C/C(=O)O)ccc1OCc1cnccn1. The molecule has 0 aliphatic rings. The highest BCUT2D eigenvalue weighted by atomic mass is 16.5. The first-order valence-corrected chi connectivity index (χ1v) is 6.16. The zero-order chi connectivity index (χ0) is 15.1.